The van der Waals surface area contributed by atoms with Gasteiger partial charge in [0.1, 0.15) is 0 Å². The second-order valence-electron chi connectivity index (χ2n) is 9.88. The van der Waals surface area contributed by atoms with Crippen LogP contribution in [0.3, 0.4) is 0 Å². The Morgan fingerprint density at radius 1 is 1.09 bits per heavy atom. The summed E-state index contributed by atoms with van der Waals surface area (Å²) in [5.74, 6) is -2.57. The Balaban J connectivity index is 1.65. The Kier molecular flexibility index (Phi) is 4.91. The van der Waals surface area contributed by atoms with Crippen molar-refractivity contribution in [2.75, 3.05) is 18.0 Å². The van der Waals surface area contributed by atoms with Crippen LogP contribution in [0.1, 0.15) is 44.2 Å². The molecule has 1 aromatic carbocycles. The summed E-state index contributed by atoms with van der Waals surface area (Å²) in [6.07, 6.45) is 6.93. The predicted octanol–water partition coefficient (Wildman–Crippen LogP) is 4.43. The highest BCUT2D eigenvalue weighted by molar-refractivity contribution is 7.92. The summed E-state index contributed by atoms with van der Waals surface area (Å²) in [6.45, 7) is 4.27. The lowest BCUT2D eigenvalue weighted by Crippen LogP contribution is -2.37. The summed E-state index contributed by atoms with van der Waals surface area (Å²) in [5.41, 5.74) is 2.88. The number of nitrogens with zero attached hydrogens (tertiary/aromatic N) is 2. The number of benzene rings is 1. The Bertz CT molecular complexity index is 1330. The Morgan fingerprint density at radius 3 is 2.36 bits per heavy atom. The third-order valence-corrected chi connectivity index (χ3v) is 9.76. The molecule has 176 valence electrons. The minimum Gasteiger partial charge on any atom is -0.371 e. The summed E-state index contributed by atoms with van der Waals surface area (Å²) in [6, 6.07) is 5.10. The van der Waals surface area contributed by atoms with Crippen LogP contribution in [-0.4, -0.2) is 37.2 Å². The molecule has 2 aromatic rings. The van der Waals surface area contributed by atoms with E-state index in [0.717, 1.165) is 16.8 Å². The second kappa shape index (κ2) is 7.26. The second-order valence-corrected chi connectivity index (χ2v) is 12.4. The molecule has 3 aliphatic rings. The minimum atomic E-state index is -3.52. The van der Waals surface area contributed by atoms with E-state index in [2.05, 4.69) is 4.90 Å². The first-order valence-corrected chi connectivity index (χ1v) is 12.9. The Hall–Kier alpha value is -2.48. The number of fused-ring (bicyclic) bond motifs is 1. The summed E-state index contributed by atoms with van der Waals surface area (Å²) in [7, 11) is -1.82. The third kappa shape index (κ3) is 3.36. The van der Waals surface area contributed by atoms with Gasteiger partial charge in [0.25, 0.3) is 11.5 Å². The lowest BCUT2D eigenvalue weighted by atomic mass is 9.91. The number of pyridine rings is 1. The molecule has 0 unspecified atom stereocenters. The van der Waals surface area contributed by atoms with E-state index in [-0.39, 0.29) is 16.9 Å². The van der Waals surface area contributed by atoms with E-state index in [9.17, 15) is 22.0 Å². The summed E-state index contributed by atoms with van der Waals surface area (Å²) in [5, 5.41) is -0.575. The van der Waals surface area contributed by atoms with Gasteiger partial charge in [-0.15, -0.1) is 0 Å². The Morgan fingerprint density at radius 2 is 1.76 bits per heavy atom. The fraction of sp³-hybridized carbons (Fsp3) is 0.480. The van der Waals surface area contributed by atoms with Crippen molar-refractivity contribution in [3.63, 3.8) is 0 Å². The molecule has 2 fully saturated rings. The van der Waals surface area contributed by atoms with E-state index < -0.39 is 26.4 Å². The molecule has 0 radical (unpaired) electrons. The maximum absolute atomic E-state index is 13.9. The fourth-order valence-corrected chi connectivity index (χ4v) is 6.35. The SMILES string of the molecule is CC(C)S(=O)(=O)c1ccc(N2CCC3(CC2)CC3(F)F)c(-c2cn(C)c(=O)c3c2C=CC3)c1. The highest BCUT2D eigenvalue weighted by Gasteiger charge is 2.70. The number of halogens is 2. The van der Waals surface area contributed by atoms with Gasteiger partial charge in [-0.3, -0.25) is 4.79 Å². The van der Waals surface area contributed by atoms with Crippen molar-refractivity contribution in [3.05, 3.63) is 52.0 Å². The molecule has 33 heavy (non-hydrogen) atoms. The highest BCUT2D eigenvalue weighted by Crippen LogP contribution is 2.66. The van der Waals surface area contributed by atoms with Gasteiger partial charge in [0, 0.05) is 60.5 Å². The first-order valence-electron chi connectivity index (χ1n) is 11.4. The van der Waals surface area contributed by atoms with E-state index >= 15 is 0 Å². The first kappa shape index (κ1) is 22.3. The van der Waals surface area contributed by atoms with Crippen LogP contribution in [-0.2, 0) is 23.3 Å². The van der Waals surface area contributed by atoms with Crippen molar-refractivity contribution < 1.29 is 17.2 Å². The van der Waals surface area contributed by atoms with Crippen LogP contribution >= 0.6 is 0 Å². The standard InChI is InChI=1S/C25H28F2N2O3S/c1-16(2)33(31,32)17-7-8-22(29-11-9-24(10-12-29)15-25(24,26)27)20(13-17)21-14-28(3)23(30)19-6-4-5-18(19)21/h4-5,7-8,13-14,16H,6,9-12,15H2,1-3H3. The zero-order chi connectivity index (χ0) is 23.8. The number of alkyl halides is 2. The number of rotatable bonds is 4. The van der Waals surface area contributed by atoms with E-state index in [4.69, 9.17) is 0 Å². The van der Waals surface area contributed by atoms with Crippen LogP contribution in [0.15, 0.2) is 40.2 Å². The van der Waals surface area contributed by atoms with Crippen LogP contribution in [0.5, 0.6) is 0 Å². The third-order valence-electron chi connectivity index (χ3n) is 7.60. The van der Waals surface area contributed by atoms with Crippen LogP contribution in [0.2, 0.25) is 0 Å². The number of anilines is 1. The quantitative estimate of drug-likeness (QED) is 0.658. The normalized spacial score (nSPS) is 20.5. The van der Waals surface area contributed by atoms with Crippen LogP contribution in [0.4, 0.5) is 14.5 Å². The number of sulfone groups is 1. The molecule has 1 aromatic heterocycles. The molecule has 5 nitrogen and oxygen atoms in total. The number of aromatic nitrogens is 1. The van der Waals surface area contributed by atoms with Gasteiger partial charge in [-0.2, -0.15) is 0 Å². The topological polar surface area (TPSA) is 59.4 Å². The van der Waals surface area contributed by atoms with Gasteiger partial charge >= 0.3 is 0 Å². The van der Waals surface area contributed by atoms with Crippen molar-refractivity contribution in [1.82, 2.24) is 4.57 Å². The summed E-state index contributed by atoms with van der Waals surface area (Å²) >= 11 is 0. The molecule has 0 atom stereocenters. The molecule has 1 saturated carbocycles. The molecule has 1 spiro atoms. The predicted molar refractivity (Wildman–Crippen MR) is 126 cm³/mol. The fourth-order valence-electron chi connectivity index (χ4n) is 5.26. The zero-order valence-electron chi connectivity index (χ0n) is 19.1. The molecule has 2 heterocycles. The molecule has 8 heteroatoms. The molecule has 2 aliphatic carbocycles. The number of hydrogen-bond donors (Lipinski definition) is 0. The maximum Gasteiger partial charge on any atom is 0.254 e. The molecule has 1 saturated heterocycles. The van der Waals surface area contributed by atoms with Gasteiger partial charge < -0.3 is 9.47 Å². The van der Waals surface area contributed by atoms with E-state index in [1.165, 1.54) is 4.57 Å². The molecule has 0 bridgehead atoms. The largest absolute Gasteiger partial charge is 0.371 e. The Labute approximate surface area is 192 Å². The summed E-state index contributed by atoms with van der Waals surface area (Å²) in [4.78, 5) is 14.9. The minimum absolute atomic E-state index is 0.0363. The van der Waals surface area contributed by atoms with Crippen molar-refractivity contribution in [3.8, 4) is 11.1 Å². The zero-order valence-corrected chi connectivity index (χ0v) is 19.9. The van der Waals surface area contributed by atoms with E-state index in [0.29, 0.717) is 43.5 Å². The van der Waals surface area contributed by atoms with Crippen molar-refractivity contribution >= 4 is 21.6 Å². The smallest absolute Gasteiger partial charge is 0.254 e. The molecule has 0 N–H and O–H groups in total. The highest BCUT2D eigenvalue weighted by atomic mass is 32.2. The lowest BCUT2D eigenvalue weighted by molar-refractivity contribution is 0.0537. The monoisotopic (exact) mass is 474 g/mol. The number of allylic oxidation sites excluding steroid dienone is 1. The molecule has 1 aliphatic heterocycles. The maximum atomic E-state index is 13.9. The molecule has 0 amide bonds. The van der Waals surface area contributed by atoms with Gasteiger partial charge in [-0.05, 0) is 56.9 Å². The lowest BCUT2D eigenvalue weighted by Gasteiger charge is -2.35. The first-order chi connectivity index (χ1) is 15.5. The van der Waals surface area contributed by atoms with Crippen molar-refractivity contribution in [1.29, 1.82) is 0 Å². The van der Waals surface area contributed by atoms with Crippen LogP contribution < -0.4 is 10.5 Å². The molecular weight excluding hydrogens is 446 g/mol. The van der Waals surface area contributed by atoms with Crippen molar-refractivity contribution in [2.45, 2.75) is 55.6 Å². The van der Waals surface area contributed by atoms with Gasteiger partial charge in [-0.1, -0.05) is 12.2 Å². The van der Waals surface area contributed by atoms with Gasteiger partial charge in [0.05, 0.1) is 10.1 Å². The van der Waals surface area contributed by atoms with Gasteiger partial charge in [0.2, 0.25) is 0 Å². The van der Waals surface area contributed by atoms with E-state index in [1.54, 1.807) is 45.3 Å². The van der Waals surface area contributed by atoms with Crippen LogP contribution in [0, 0.1) is 5.41 Å². The van der Waals surface area contributed by atoms with Crippen molar-refractivity contribution in [2.24, 2.45) is 12.5 Å². The number of piperidine rings is 1. The molecular formula is C25H28F2N2O3S. The van der Waals surface area contributed by atoms with Gasteiger partial charge in [0.15, 0.2) is 9.84 Å². The summed E-state index contributed by atoms with van der Waals surface area (Å²) < 4.78 is 55.3. The van der Waals surface area contributed by atoms with Gasteiger partial charge in [-0.25, -0.2) is 17.2 Å². The average Bonchev–Trinajstić information content (AvgIpc) is 3.10. The van der Waals surface area contributed by atoms with E-state index in [1.807, 2.05) is 12.2 Å². The average molecular weight is 475 g/mol. The number of hydrogen-bond acceptors (Lipinski definition) is 4. The number of aryl methyl sites for hydroxylation is 1. The molecule has 5 rings (SSSR count). The van der Waals surface area contributed by atoms with Crippen LogP contribution in [0.25, 0.3) is 17.2 Å².